The maximum Gasteiger partial charge on any atom is 0.412 e. The number of imidazole rings is 1. The highest BCUT2D eigenvalue weighted by Crippen LogP contribution is 2.39. The molecule has 9 nitrogen and oxygen atoms in total. The molecule has 0 saturated heterocycles. The van der Waals surface area contributed by atoms with Gasteiger partial charge in [0.2, 0.25) is 5.91 Å². The van der Waals surface area contributed by atoms with Crippen LogP contribution in [-0.4, -0.2) is 46.1 Å². The van der Waals surface area contributed by atoms with E-state index < -0.39 is 6.09 Å². The summed E-state index contributed by atoms with van der Waals surface area (Å²) < 4.78 is 13.2. The number of carbonyl (C=O) groups excluding carboxylic acids is 2. The van der Waals surface area contributed by atoms with Gasteiger partial charge >= 0.3 is 6.09 Å². The Morgan fingerprint density at radius 3 is 2.66 bits per heavy atom. The first-order chi connectivity index (χ1) is 18.3. The van der Waals surface area contributed by atoms with Crippen molar-refractivity contribution in [3.05, 3.63) is 42.1 Å². The predicted octanol–water partition coefficient (Wildman–Crippen LogP) is 5.86. The third-order valence-corrected chi connectivity index (χ3v) is 7.33. The molecule has 2 amide bonds. The topological polar surface area (TPSA) is 107 Å². The van der Waals surface area contributed by atoms with Crippen molar-refractivity contribution in [3.8, 4) is 17.0 Å². The summed E-state index contributed by atoms with van der Waals surface area (Å²) in [5.41, 5.74) is 4.14. The first-order valence-electron chi connectivity index (χ1n) is 13.5. The molecule has 1 aromatic carbocycles. The Bertz CT molecular complexity index is 1280. The summed E-state index contributed by atoms with van der Waals surface area (Å²) in [5, 5.41) is 5.77. The lowest BCUT2D eigenvalue weighted by molar-refractivity contribution is -0.119. The van der Waals surface area contributed by atoms with Crippen LogP contribution in [0, 0.1) is 12.8 Å². The Labute approximate surface area is 224 Å². The normalized spacial score (nSPS) is 18.1. The maximum absolute atomic E-state index is 12.4. The quantitative estimate of drug-likeness (QED) is 0.365. The molecule has 1 aliphatic rings. The van der Waals surface area contributed by atoms with Crippen LogP contribution in [-0.2, 0) is 9.53 Å². The Kier molecular flexibility index (Phi) is 8.86. The van der Waals surface area contributed by atoms with E-state index in [1.54, 1.807) is 14.0 Å². The van der Waals surface area contributed by atoms with Crippen molar-refractivity contribution >= 4 is 23.2 Å². The standard InChI is InChI=1S/C29H39N5O4/c1-6-7-18(2)38-29(36)32-24-13-12-23(16-25(24)37-5)26-27-19(3)30-14-15-34(27)28(33-26)22-10-8-21(9-11-22)17-31-20(4)35/h12-16,18,21-22H,6-11,17H2,1-5H3,(H,31,35)(H,32,36)/t18-,21?,22?/m0/s1. The van der Waals surface area contributed by atoms with E-state index in [-0.39, 0.29) is 12.0 Å². The highest BCUT2D eigenvalue weighted by Gasteiger charge is 2.28. The van der Waals surface area contributed by atoms with E-state index in [1.807, 2.05) is 44.4 Å². The number of ether oxygens (including phenoxy) is 2. The molecule has 2 N–H and O–H groups in total. The number of nitrogens with zero attached hydrogens (tertiary/aromatic N) is 3. The van der Waals surface area contributed by atoms with Gasteiger partial charge in [-0.05, 0) is 64.0 Å². The van der Waals surface area contributed by atoms with Crippen LogP contribution in [0.2, 0.25) is 0 Å². The monoisotopic (exact) mass is 521 g/mol. The number of fused-ring (bicyclic) bond motifs is 1. The molecule has 204 valence electrons. The van der Waals surface area contributed by atoms with Crippen LogP contribution >= 0.6 is 0 Å². The predicted molar refractivity (Wildman–Crippen MR) is 148 cm³/mol. The van der Waals surface area contributed by atoms with Gasteiger partial charge in [0, 0.05) is 37.3 Å². The Morgan fingerprint density at radius 2 is 1.97 bits per heavy atom. The van der Waals surface area contributed by atoms with Gasteiger partial charge in [0.05, 0.1) is 29.7 Å². The lowest BCUT2D eigenvalue weighted by Crippen LogP contribution is -2.29. The van der Waals surface area contributed by atoms with Crippen molar-refractivity contribution in [1.82, 2.24) is 19.7 Å². The Morgan fingerprint density at radius 1 is 1.21 bits per heavy atom. The molecule has 1 fully saturated rings. The van der Waals surface area contributed by atoms with Crippen LogP contribution in [0.1, 0.15) is 76.7 Å². The van der Waals surface area contributed by atoms with Gasteiger partial charge in [-0.15, -0.1) is 0 Å². The molecule has 0 unspecified atom stereocenters. The summed E-state index contributed by atoms with van der Waals surface area (Å²) in [7, 11) is 1.58. The molecule has 4 rings (SSSR count). The lowest BCUT2D eigenvalue weighted by Gasteiger charge is -2.27. The smallest absolute Gasteiger partial charge is 0.412 e. The van der Waals surface area contributed by atoms with Crippen molar-refractivity contribution in [2.24, 2.45) is 5.92 Å². The van der Waals surface area contributed by atoms with Crippen LogP contribution in [0.5, 0.6) is 5.75 Å². The first-order valence-corrected chi connectivity index (χ1v) is 13.5. The molecule has 9 heteroatoms. The second-order valence-corrected chi connectivity index (χ2v) is 10.2. The highest BCUT2D eigenvalue weighted by molar-refractivity contribution is 5.89. The molecular weight excluding hydrogens is 482 g/mol. The summed E-state index contributed by atoms with van der Waals surface area (Å²) in [6.07, 6.45) is 9.06. The summed E-state index contributed by atoms with van der Waals surface area (Å²) >= 11 is 0. The number of aryl methyl sites for hydroxylation is 1. The summed E-state index contributed by atoms with van der Waals surface area (Å²) in [6.45, 7) is 8.24. The van der Waals surface area contributed by atoms with Gasteiger partial charge < -0.3 is 14.8 Å². The minimum Gasteiger partial charge on any atom is -0.495 e. The Hall–Kier alpha value is -3.62. The maximum atomic E-state index is 12.4. The van der Waals surface area contributed by atoms with Crippen molar-refractivity contribution in [2.45, 2.75) is 78.2 Å². The number of benzene rings is 1. The number of carbonyl (C=O) groups is 2. The minimum atomic E-state index is -0.499. The minimum absolute atomic E-state index is 0.0265. The van der Waals surface area contributed by atoms with Gasteiger partial charge in [-0.25, -0.2) is 9.78 Å². The third-order valence-electron chi connectivity index (χ3n) is 7.33. The number of anilines is 1. The number of nitrogens with one attached hydrogen (secondary N) is 2. The second-order valence-electron chi connectivity index (χ2n) is 10.2. The van der Waals surface area contributed by atoms with Gasteiger partial charge in [0.15, 0.2) is 0 Å². The number of methoxy groups -OCH3 is 1. The fourth-order valence-electron chi connectivity index (χ4n) is 5.35. The van der Waals surface area contributed by atoms with Gasteiger partial charge in [0.25, 0.3) is 0 Å². The second kappa shape index (κ2) is 12.3. The molecule has 2 heterocycles. The molecule has 0 bridgehead atoms. The number of hydrogen-bond donors (Lipinski definition) is 2. The zero-order valence-electron chi connectivity index (χ0n) is 23.0. The summed E-state index contributed by atoms with van der Waals surface area (Å²) in [5.74, 6) is 2.43. The van der Waals surface area contributed by atoms with Crippen LogP contribution < -0.4 is 15.4 Å². The van der Waals surface area contributed by atoms with Crippen molar-refractivity contribution < 1.29 is 19.1 Å². The molecule has 0 radical (unpaired) electrons. The SMILES string of the molecule is CCC[C@H](C)OC(=O)Nc1ccc(-c2nc(C3CCC(CNC(C)=O)CC3)n3ccnc(C)c23)cc1OC. The number of hydrogen-bond acceptors (Lipinski definition) is 6. The van der Waals surface area contributed by atoms with Crippen LogP contribution in [0.25, 0.3) is 16.8 Å². The molecule has 0 spiro atoms. The first kappa shape index (κ1) is 27.4. The Balaban J connectivity index is 1.59. The fraction of sp³-hybridized carbons (Fsp3) is 0.517. The molecular formula is C29H39N5O4. The zero-order valence-corrected chi connectivity index (χ0v) is 23.0. The van der Waals surface area contributed by atoms with E-state index in [1.165, 1.54) is 0 Å². The molecule has 3 aromatic rings. The molecule has 2 aromatic heterocycles. The van der Waals surface area contributed by atoms with Gasteiger partial charge in [0.1, 0.15) is 17.7 Å². The average molecular weight is 522 g/mol. The van der Waals surface area contributed by atoms with Crippen molar-refractivity contribution in [3.63, 3.8) is 0 Å². The zero-order chi connectivity index (χ0) is 27.2. The fourth-order valence-corrected chi connectivity index (χ4v) is 5.35. The van der Waals surface area contributed by atoms with Crippen LogP contribution in [0.4, 0.5) is 10.5 Å². The molecule has 1 saturated carbocycles. The van der Waals surface area contributed by atoms with Gasteiger partial charge in [-0.2, -0.15) is 0 Å². The van der Waals surface area contributed by atoms with E-state index in [4.69, 9.17) is 14.5 Å². The van der Waals surface area contributed by atoms with Crippen LogP contribution in [0.15, 0.2) is 30.6 Å². The van der Waals surface area contributed by atoms with Crippen LogP contribution in [0.3, 0.4) is 0 Å². The van der Waals surface area contributed by atoms with Crippen molar-refractivity contribution in [1.29, 1.82) is 0 Å². The third kappa shape index (κ3) is 6.26. The molecule has 1 atom stereocenters. The van der Waals surface area contributed by atoms with E-state index >= 15 is 0 Å². The van der Waals surface area contributed by atoms with Gasteiger partial charge in [-0.1, -0.05) is 19.4 Å². The van der Waals surface area contributed by atoms with Crippen molar-refractivity contribution in [2.75, 3.05) is 19.0 Å². The lowest BCUT2D eigenvalue weighted by atomic mass is 9.81. The van der Waals surface area contributed by atoms with E-state index in [2.05, 4.69) is 26.9 Å². The number of amides is 2. The summed E-state index contributed by atoms with van der Waals surface area (Å²) in [6, 6.07) is 5.66. The summed E-state index contributed by atoms with van der Waals surface area (Å²) in [4.78, 5) is 33.4. The highest BCUT2D eigenvalue weighted by atomic mass is 16.6. The average Bonchev–Trinajstić information content (AvgIpc) is 3.29. The number of rotatable bonds is 9. The molecule has 38 heavy (non-hydrogen) atoms. The largest absolute Gasteiger partial charge is 0.495 e. The van der Waals surface area contributed by atoms with E-state index in [0.717, 1.165) is 73.4 Å². The van der Waals surface area contributed by atoms with E-state index in [0.29, 0.717) is 23.3 Å². The van der Waals surface area contributed by atoms with E-state index in [9.17, 15) is 9.59 Å². The molecule has 1 aliphatic carbocycles. The van der Waals surface area contributed by atoms with Gasteiger partial charge in [-0.3, -0.25) is 19.5 Å². The molecule has 0 aliphatic heterocycles. The number of aromatic nitrogens is 3.